The van der Waals surface area contributed by atoms with Gasteiger partial charge in [0.25, 0.3) is 0 Å². The van der Waals surface area contributed by atoms with Crippen molar-refractivity contribution in [3.63, 3.8) is 0 Å². The average molecular weight is 422 g/mol. The first-order valence-corrected chi connectivity index (χ1v) is 10.9. The minimum Gasteiger partial charge on any atom is -0.325 e. The Morgan fingerprint density at radius 1 is 1.04 bits per heavy atom. The first-order chi connectivity index (χ1) is 13.3. The standard InChI is InChI=1S/C20H24ClN3O3S/c1-15-4-3-5-19(16(15)2)22-20(25)14-23-10-12-24(13-11-23)28(26,27)18-8-6-17(21)7-9-18/h3-9H,10-14H2,1-2H3,(H,22,25). The predicted molar refractivity (Wildman–Crippen MR) is 111 cm³/mol. The molecule has 150 valence electrons. The van der Waals surface area contributed by atoms with Crippen molar-refractivity contribution < 1.29 is 13.2 Å². The number of carbonyl (C=O) groups excluding carboxylic acids is 1. The van der Waals surface area contributed by atoms with Gasteiger partial charge in [-0.2, -0.15) is 4.31 Å². The van der Waals surface area contributed by atoms with Crippen LogP contribution in [0, 0.1) is 13.8 Å². The minimum absolute atomic E-state index is 0.0947. The van der Waals surface area contributed by atoms with E-state index in [2.05, 4.69) is 5.32 Å². The van der Waals surface area contributed by atoms with E-state index in [1.54, 1.807) is 12.1 Å². The maximum absolute atomic E-state index is 12.7. The minimum atomic E-state index is -3.54. The Labute approximate surface area is 171 Å². The van der Waals surface area contributed by atoms with Crippen LogP contribution in [-0.2, 0) is 14.8 Å². The maximum Gasteiger partial charge on any atom is 0.243 e. The third-order valence-corrected chi connectivity index (χ3v) is 7.19. The van der Waals surface area contributed by atoms with E-state index < -0.39 is 10.0 Å². The normalized spacial score (nSPS) is 16.1. The van der Waals surface area contributed by atoms with Crippen molar-refractivity contribution >= 4 is 33.2 Å². The fourth-order valence-electron chi connectivity index (χ4n) is 3.16. The molecular formula is C20H24ClN3O3S. The van der Waals surface area contributed by atoms with Crippen LogP contribution in [0.1, 0.15) is 11.1 Å². The number of piperazine rings is 1. The summed E-state index contributed by atoms with van der Waals surface area (Å²) >= 11 is 5.84. The second-order valence-corrected chi connectivity index (χ2v) is 9.30. The summed E-state index contributed by atoms with van der Waals surface area (Å²) in [5, 5.41) is 3.44. The van der Waals surface area contributed by atoms with Crippen LogP contribution in [0.15, 0.2) is 47.4 Å². The largest absolute Gasteiger partial charge is 0.325 e. The molecule has 1 aliphatic heterocycles. The van der Waals surface area contributed by atoms with Crippen molar-refractivity contribution in [2.24, 2.45) is 0 Å². The first-order valence-electron chi connectivity index (χ1n) is 9.11. The number of sulfonamides is 1. The Bertz CT molecular complexity index is 953. The van der Waals surface area contributed by atoms with Crippen molar-refractivity contribution in [1.29, 1.82) is 0 Å². The second-order valence-electron chi connectivity index (χ2n) is 6.93. The highest BCUT2D eigenvalue weighted by molar-refractivity contribution is 7.89. The number of nitrogens with one attached hydrogen (secondary N) is 1. The topological polar surface area (TPSA) is 69.7 Å². The monoisotopic (exact) mass is 421 g/mol. The number of benzene rings is 2. The molecule has 6 nitrogen and oxygen atoms in total. The van der Waals surface area contributed by atoms with Crippen LogP contribution in [0.25, 0.3) is 0 Å². The molecule has 0 spiro atoms. The van der Waals surface area contributed by atoms with Crippen molar-refractivity contribution in [1.82, 2.24) is 9.21 Å². The van der Waals surface area contributed by atoms with Gasteiger partial charge in [0.05, 0.1) is 11.4 Å². The van der Waals surface area contributed by atoms with E-state index in [9.17, 15) is 13.2 Å². The van der Waals surface area contributed by atoms with Crippen molar-refractivity contribution in [2.45, 2.75) is 18.7 Å². The Morgan fingerprint density at radius 3 is 2.32 bits per heavy atom. The quantitative estimate of drug-likeness (QED) is 0.805. The molecule has 0 unspecified atom stereocenters. The van der Waals surface area contributed by atoms with E-state index in [0.717, 1.165) is 16.8 Å². The zero-order chi connectivity index (χ0) is 20.3. The van der Waals surface area contributed by atoms with Gasteiger partial charge in [-0.05, 0) is 55.3 Å². The fraction of sp³-hybridized carbons (Fsp3) is 0.350. The Morgan fingerprint density at radius 2 is 1.68 bits per heavy atom. The van der Waals surface area contributed by atoms with Gasteiger partial charge in [-0.15, -0.1) is 0 Å². The van der Waals surface area contributed by atoms with Gasteiger partial charge in [0.15, 0.2) is 0 Å². The molecule has 0 aliphatic carbocycles. The third kappa shape index (κ3) is 4.72. The molecule has 0 aromatic heterocycles. The molecule has 2 aromatic carbocycles. The predicted octanol–water partition coefficient (Wildman–Crippen LogP) is 2.90. The van der Waals surface area contributed by atoms with E-state index >= 15 is 0 Å². The Kier molecular flexibility index (Phi) is 6.40. The van der Waals surface area contributed by atoms with Gasteiger partial charge in [-0.1, -0.05) is 23.7 Å². The van der Waals surface area contributed by atoms with Gasteiger partial charge >= 0.3 is 0 Å². The summed E-state index contributed by atoms with van der Waals surface area (Å²) in [4.78, 5) is 14.6. The lowest BCUT2D eigenvalue weighted by atomic mass is 10.1. The third-order valence-electron chi connectivity index (χ3n) is 5.03. The average Bonchev–Trinajstić information content (AvgIpc) is 2.66. The number of nitrogens with zero attached hydrogens (tertiary/aromatic N) is 2. The zero-order valence-corrected chi connectivity index (χ0v) is 17.6. The number of anilines is 1. The molecule has 1 aliphatic rings. The van der Waals surface area contributed by atoms with Crippen molar-refractivity contribution in [2.75, 3.05) is 38.0 Å². The lowest BCUT2D eigenvalue weighted by Crippen LogP contribution is -2.50. The van der Waals surface area contributed by atoms with Crippen LogP contribution < -0.4 is 5.32 Å². The molecule has 1 saturated heterocycles. The van der Waals surface area contributed by atoms with Crippen molar-refractivity contribution in [3.8, 4) is 0 Å². The smallest absolute Gasteiger partial charge is 0.243 e. The summed E-state index contributed by atoms with van der Waals surface area (Å²) in [7, 11) is -3.54. The molecule has 0 bridgehead atoms. The highest BCUT2D eigenvalue weighted by Crippen LogP contribution is 2.20. The number of amides is 1. The van der Waals surface area contributed by atoms with Gasteiger partial charge in [0, 0.05) is 36.9 Å². The Hall–Kier alpha value is -1.93. The summed E-state index contributed by atoms with van der Waals surface area (Å²) in [5.41, 5.74) is 2.99. The van der Waals surface area contributed by atoms with Crippen LogP contribution in [-0.4, -0.2) is 56.3 Å². The summed E-state index contributed by atoms with van der Waals surface area (Å²) < 4.78 is 26.9. The fourth-order valence-corrected chi connectivity index (χ4v) is 4.71. The highest BCUT2D eigenvalue weighted by Gasteiger charge is 2.29. The van der Waals surface area contributed by atoms with Gasteiger partial charge in [0.1, 0.15) is 0 Å². The second kappa shape index (κ2) is 8.61. The van der Waals surface area contributed by atoms with E-state index in [4.69, 9.17) is 11.6 Å². The SMILES string of the molecule is Cc1cccc(NC(=O)CN2CCN(S(=O)(=O)c3ccc(Cl)cc3)CC2)c1C. The number of rotatable bonds is 5. The summed E-state index contributed by atoms with van der Waals surface area (Å²) in [5.74, 6) is -0.0947. The highest BCUT2D eigenvalue weighted by atomic mass is 35.5. The van der Waals surface area contributed by atoms with Crippen LogP contribution >= 0.6 is 11.6 Å². The number of hydrogen-bond donors (Lipinski definition) is 1. The van der Waals surface area contributed by atoms with E-state index in [1.807, 2.05) is 36.9 Å². The number of carbonyl (C=O) groups is 1. The van der Waals surface area contributed by atoms with Gasteiger partial charge in [-0.25, -0.2) is 8.42 Å². The van der Waals surface area contributed by atoms with Gasteiger partial charge in [0.2, 0.25) is 15.9 Å². The molecule has 0 saturated carbocycles. The molecule has 28 heavy (non-hydrogen) atoms. The Balaban J connectivity index is 1.56. The van der Waals surface area contributed by atoms with Crippen LogP contribution in [0.2, 0.25) is 5.02 Å². The summed E-state index contributed by atoms with van der Waals surface area (Å²) in [6.07, 6.45) is 0. The molecule has 8 heteroatoms. The molecule has 2 aromatic rings. The molecule has 0 radical (unpaired) electrons. The zero-order valence-electron chi connectivity index (χ0n) is 16.0. The van der Waals surface area contributed by atoms with Crippen molar-refractivity contribution in [3.05, 3.63) is 58.6 Å². The lowest BCUT2D eigenvalue weighted by molar-refractivity contribution is -0.117. The number of halogens is 1. The van der Waals surface area contributed by atoms with Crippen LogP contribution in [0.3, 0.4) is 0 Å². The van der Waals surface area contributed by atoms with Gasteiger partial charge in [-0.3, -0.25) is 9.69 Å². The number of aryl methyl sites for hydroxylation is 1. The molecule has 1 fully saturated rings. The molecule has 0 atom stereocenters. The molecule has 1 heterocycles. The van der Waals surface area contributed by atoms with E-state index in [1.165, 1.54) is 16.4 Å². The molecule has 3 rings (SSSR count). The van der Waals surface area contributed by atoms with Crippen LogP contribution in [0.5, 0.6) is 0 Å². The molecule has 1 amide bonds. The first kappa shape index (κ1) is 20.8. The molecule has 1 N–H and O–H groups in total. The van der Waals surface area contributed by atoms with E-state index in [-0.39, 0.29) is 17.3 Å². The maximum atomic E-state index is 12.7. The van der Waals surface area contributed by atoms with Gasteiger partial charge < -0.3 is 5.32 Å². The van der Waals surface area contributed by atoms with E-state index in [0.29, 0.717) is 31.2 Å². The summed E-state index contributed by atoms with van der Waals surface area (Å²) in [6.45, 7) is 5.93. The lowest BCUT2D eigenvalue weighted by Gasteiger charge is -2.33. The molecular weight excluding hydrogens is 398 g/mol. The van der Waals surface area contributed by atoms with Crippen LogP contribution in [0.4, 0.5) is 5.69 Å². The summed E-state index contributed by atoms with van der Waals surface area (Å²) in [6, 6.07) is 12.0. The number of hydrogen-bond acceptors (Lipinski definition) is 4.